The highest BCUT2D eigenvalue weighted by atomic mass is 32.2. The maximum absolute atomic E-state index is 12.4. The van der Waals surface area contributed by atoms with Crippen molar-refractivity contribution in [2.24, 2.45) is 0 Å². The standard InChI is InChI=1S/C10H12F2N2O5S/c11-10(12)7-13(5-6-15)20(18,19)9-4-2-1-3-8(9)14(16)17/h1-4,10,15H,5-7H2. The van der Waals surface area contributed by atoms with Crippen LogP contribution in [0.25, 0.3) is 0 Å². The molecule has 10 heteroatoms. The lowest BCUT2D eigenvalue weighted by molar-refractivity contribution is -0.387. The fourth-order valence-corrected chi connectivity index (χ4v) is 3.11. The molecule has 112 valence electrons. The number of aliphatic hydroxyl groups excluding tert-OH is 1. The Morgan fingerprint density at radius 2 is 1.95 bits per heavy atom. The van der Waals surface area contributed by atoms with Gasteiger partial charge in [0.1, 0.15) is 0 Å². The number of hydrogen-bond acceptors (Lipinski definition) is 5. The van der Waals surface area contributed by atoms with E-state index in [0.717, 1.165) is 12.1 Å². The minimum absolute atomic E-state index is 0.319. The minimum atomic E-state index is -4.48. The SMILES string of the molecule is O=[N+]([O-])c1ccccc1S(=O)(=O)N(CCO)CC(F)F. The molecule has 0 fully saturated rings. The maximum Gasteiger partial charge on any atom is 0.289 e. The Hall–Kier alpha value is -1.65. The monoisotopic (exact) mass is 310 g/mol. The van der Waals surface area contributed by atoms with Crippen LogP contribution < -0.4 is 0 Å². The molecule has 0 bridgehead atoms. The summed E-state index contributed by atoms with van der Waals surface area (Å²) < 4.78 is 49.4. The number of nitro benzene ring substituents is 1. The normalized spacial score (nSPS) is 12.1. The van der Waals surface area contributed by atoms with Crippen molar-refractivity contribution in [2.75, 3.05) is 19.7 Å². The van der Waals surface area contributed by atoms with E-state index < -0.39 is 51.7 Å². The van der Waals surface area contributed by atoms with Crippen molar-refractivity contribution in [3.05, 3.63) is 34.4 Å². The lowest BCUT2D eigenvalue weighted by Crippen LogP contribution is -2.37. The summed E-state index contributed by atoms with van der Waals surface area (Å²) in [5.74, 6) is 0. The first-order valence-electron chi connectivity index (χ1n) is 5.43. The average Bonchev–Trinajstić information content (AvgIpc) is 2.37. The smallest absolute Gasteiger partial charge is 0.289 e. The number of hydrogen-bond donors (Lipinski definition) is 1. The van der Waals surface area contributed by atoms with Crippen LogP contribution in [-0.4, -0.2) is 48.9 Å². The molecule has 7 nitrogen and oxygen atoms in total. The summed E-state index contributed by atoms with van der Waals surface area (Å²) >= 11 is 0. The highest BCUT2D eigenvalue weighted by Gasteiger charge is 2.32. The summed E-state index contributed by atoms with van der Waals surface area (Å²) in [5, 5.41) is 19.5. The molecule has 1 aromatic carbocycles. The number of nitro groups is 1. The van der Waals surface area contributed by atoms with Gasteiger partial charge in [0.2, 0.25) is 10.0 Å². The van der Waals surface area contributed by atoms with E-state index in [1.54, 1.807) is 0 Å². The predicted octanol–water partition coefficient (Wildman–Crippen LogP) is 0.843. The largest absolute Gasteiger partial charge is 0.395 e. The number of alkyl halides is 2. The zero-order valence-electron chi connectivity index (χ0n) is 10.1. The molecule has 0 heterocycles. The van der Waals surface area contributed by atoms with Crippen molar-refractivity contribution in [1.82, 2.24) is 4.31 Å². The van der Waals surface area contributed by atoms with Crippen LogP contribution in [0.3, 0.4) is 0 Å². The first-order valence-corrected chi connectivity index (χ1v) is 6.87. The summed E-state index contributed by atoms with van der Waals surface area (Å²) in [6.07, 6.45) is -2.96. The highest BCUT2D eigenvalue weighted by molar-refractivity contribution is 7.89. The number of sulfonamides is 1. The van der Waals surface area contributed by atoms with Crippen LogP contribution in [0.2, 0.25) is 0 Å². The van der Waals surface area contributed by atoms with Gasteiger partial charge in [-0.25, -0.2) is 17.2 Å². The van der Waals surface area contributed by atoms with E-state index in [-0.39, 0.29) is 0 Å². The Bertz CT molecular complexity index is 579. The third-order valence-electron chi connectivity index (χ3n) is 2.37. The number of nitrogens with zero attached hydrogens (tertiary/aromatic N) is 2. The molecule has 0 amide bonds. The number of rotatable bonds is 7. The predicted molar refractivity (Wildman–Crippen MR) is 64.9 cm³/mol. The number of aliphatic hydroxyl groups is 1. The summed E-state index contributed by atoms with van der Waals surface area (Å²) in [6.45, 7) is -2.39. The molecular formula is C10H12F2N2O5S. The summed E-state index contributed by atoms with van der Waals surface area (Å²) in [5.41, 5.74) is -0.704. The van der Waals surface area contributed by atoms with Crippen molar-refractivity contribution >= 4 is 15.7 Å². The third-order valence-corrected chi connectivity index (χ3v) is 4.28. The van der Waals surface area contributed by atoms with Crippen LogP contribution >= 0.6 is 0 Å². The Kier molecular flexibility index (Phi) is 5.48. The van der Waals surface area contributed by atoms with Gasteiger partial charge in [0.15, 0.2) is 4.90 Å². The van der Waals surface area contributed by atoms with E-state index in [1.165, 1.54) is 12.1 Å². The molecule has 0 aliphatic carbocycles. The fourth-order valence-electron chi connectivity index (χ4n) is 1.54. The van der Waals surface area contributed by atoms with E-state index in [9.17, 15) is 27.3 Å². The van der Waals surface area contributed by atoms with Crippen LogP contribution in [0.5, 0.6) is 0 Å². The number of halogens is 2. The van der Waals surface area contributed by atoms with Gasteiger partial charge >= 0.3 is 0 Å². The van der Waals surface area contributed by atoms with Gasteiger partial charge in [-0.3, -0.25) is 10.1 Å². The van der Waals surface area contributed by atoms with Crippen molar-refractivity contribution in [2.45, 2.75) is 11.3 Å². The Balaban J connectivity index is 3.29. The van der Waals surface area contributed by atoms with E-state index >= 15 is 0 Å². The van der Waals surface area contributed by atoms with E-state index in [1.807, 2.05) is 0 Å². The van der Waals surface area contributed by atoms with Crippen LogP contribution in [0.4, 0.5) is 14.5 Å². The molecule has 1 N–H and O–H groups in total. The Labute approximate surface area is 113 Å². The summed E-state index contributed by atoms with van der Waals surface area (Å²) in [7, 11) is -4.48. The van der Waals surface area contributed by atoms with Crippen LogP contribution in [0.15, 0.2) is 29.2 Å². The van der Waals surface area contributed by atoms with E-state index in [0.29, 0.717) is 4.31 Å². The Morgan fingerprint density at radius 1 is 1.35 bits per heavy atom. The summed E-state index contributed by atoms with van der Waals surface area (Å²) in [6, 6.07) is 4.44. The first kappa shape index (κ1) is 16.4. The van der Waals surface area contributed by atoms with Crippen molar-refractivity contribution in [3.8, 4) is 0 Å². The first-order chi connectivity index (χ1) is 9.30. The van der Waals surface area contributed by atoms with Gasteiger partial charge in [-0.05, 0) is 6.07 Å². The Morgan fingerprint density at radius 3 is 2.45 bits per heavy atom. The molecule has 20 heavy (non-hydrogen) atoms. The highest BCUT2D eigenvalue weighted by Crippen LogP contribution is 2.26. The van der Waals surface area contributed by atoms with Gasteiger partial charge in [-0.15, -0.1) is 0 Å². The average molecular weight is 310 g/mol. The lowest BCUT2D eigenvalue weighted by Gasteiger charge is -2.20. The summed E-state index contributed by atoms with van der Waals surface area (Å²) in [4.78, 5) is 9.20. The molecule has 0 radical (unpaired) electrons. The van der Waals surface area contributed by atoms with Crippen LogP contribution in [0, 0.1) is 10.1 Å². The van der Waals surface area contributed by atoms with Crippen LogP contribution in [0.1, 0.15) is 0 Å². The second-order valence-corrected chi connectivity index (χ2v) is 5.61. The maximum atomic E-state index is 12.4. The molecule has 0 aromatic heterocycles. The van der Waals surface area contributed by atoms with Gasteiger partial charge in [0.05, 0.1) is 18.1 Å². The molecule has 0 unspecified atom stereocenters. The minimum Gasteiger partial charge on any atom is -0.395 e. The van der Waals surface area contributed by atoms with Crippen molar-refractivity contribution in [1.29, 1.82) is 0 Å². The zero-order chi connectivity index (χ0) is 15.3. The van der Waals surface area contributed by atoms with Crippen molar-refractivity contribution in [3.63, 3.8) is 0 Å². The second kappa shape index (κ2) is 6.68. The van der Waals surface area contributed by atoms with Crippen LogP contribution in [-0.2, 0) is 10.0 Å². The molecule has 0 aliphatic heterocycles. The van der Waals surface area contributed by atoms with Gasteiger partial charge < -0.3 is 5.11 Å². The van der Waals surface area contributed by atoms with Crippen molar-refractivity contribution < 1.29 is 27.2 Å². The molecule has 1 aromatic rings. The van der Waals surface area contributed by atoms with Gasteiger partial charge in [0.25, 0.3) is 12.1 Å². The van der Waals surface area contributed by atoms with E-state index in [2.05, 4.69) is 0 Å². The number of para-hydroxylation sites is 1. The molecule has 0 saturated carbocycles. The topological polar surface area (TPSA) is 101 Å². The lowest BCUT2D eigenvalue weighted by atomic mass is 10.3. The molecule has 0 saturated heterocycles. The van der Waals surface area contributed by atoms with Gasteiger partial charge in [-0.1, -0.05) is 12.1 Å². The second-order valence-electron chi connectivity index (χ2n) is 3.70. The molecular weight excluding hydrogens is 298 g/mol. The number of benzene rings is 1. The zero-order valence-corrected chi connectivity index (χ0v) is 11.0. The molecule has 0 atom stereocenters. The van der Waals surface area contributed by atoms with Gasteiger partial charge in [0, 0.05) is 12.6 Å². The quantitative estimate of drug-likeness (QED) is 0.594. The molecule has 0 aliphatic rings. The fraction of sp³-hybridized carbons (Fsp3) is 0.400. The third kappa shape index (κ3) is 3.68. The van der Waals surface area contributed by atoms with Gasteiger partial charge in [-0.2, -0.15) is 4.31 Å². The molecule has 1 rings (SSSR count). The van der Waals surface area contributed by atoms with E-state index in [4.69, 9.17) is 5.11 Å². The molecule has 0 spiro atoms.